The SMILES string of the molecule is CC(C)c1cc(C(=O)NCCCc2nc3ccccc3s2)n(C)n1. The van der Waals surface area contributed by atoms with Crippen molar-refractivity contribution >= 4 is 27.5 Å². The highest BCUT2D eigenvalue weighted by Gasteiger charge is 2.14. The Labute approximate surface area is 145 Å². The van der Waals surface area contributed by atoms with Crippen LogP contribution in [0.25, 0.3) is 10.2 Å². The summed E-state index contributed by atoms with van der Waals surface area (Å²) in [4.78, 5) is 16.9. The van der Waals surface area contributed by atoms with Crippen LogP contribution in [-0.4, -0.2) is 27.2 Å². The highest BCUT2D eigenvalue weighted by atomic mass is 32.1. The van der Waals surface area contributed by atoms with E-state index in [-0.39, 0.29) is 5.91 Å². The lowest BCUT2D eigenvalue weighted by molar-refractivity contribution is 0.0944. The molecule has 0 spiro atoms. The summed E-state index contributed by atoms with van der Waals surface area (Å²) in [5, 5.41) is 8.47. The molecule has 1 N–H and O–H groups in total. The van der Waals surface area contributed by atoms with Crippen LogP contribution in [0.5, 0.6) is 0 Å². The highest BCUT2D eigenvalue weighted by molar-refractivity contribution is 7.18. The summed E-state index contributed by atoms with van der Waals surface area (Å²) in [6, 6.07) is 10.0. The first-order valence-electron chi connectivity index (χ1n) is 8.21. The van der Waals surface area contributed by atoms with E-state index in [9.17, 15) is 4.79 Å². The maximum absolute atomic E-state index is 12.3. The number of aromatic nitrogens is 3. The van der Waals surface area contributed by atoms with Gasteiger partial charge in [0.15, 0.2) is 0 Å². The first kappa shape index (κ1) is 16.6. The van der Waals surface area contributed by atoms with Gasteiger partial charge < -0.3 is 5.32 Å². The van der Waals surface area contributed by atoms with Crippen molar-refractivity contribution in [3.8, 4) is 0 Å². The molecule has 0 atom stereocenters. The van der Waals surface area contributed by atoms with Gasteiger partial charge in [-0.2, -0.15) is 5.10 Å². The zero-order valence-corrected chi connectivity index (χ0v) is 15.1. The van der Waals surface area contributed by atoms with Crippen LogP contribution in [0.15, 0.2) is 30.3 Å². The van der Waals surface area contributed by atoms with Crippen LogP contribution < -0.4 is 5.32 Å². The summed E-state index contributed by atoms with van der Waals surface area (Å²) < 4.78 is 2.87. The third kappa shape index (κ3) is 3.64. The Balaban J connectivity index is 1.51. The molecule has 0 bridgehead atoms. The van der Waals surface area contributed by atoms with Crippen LogP contribution in [0.1, 0.15) is 47.4 Å². The molecule has 2 aromatic heterocycles. The zero-order chi connectivity index (χ0) is 17.1. The van der Waals surface area contributed by atoms with Crippen molar-refractivity contribution in [1.29, 1.82) is 0 Å². The van der Waals surface area contributed by atoms with E-state index >= 15 is 0 Å². The molecule has 0 saturated carbocycles. The highest BCUT2D eigenvalue weighted by Crippen LogP contribution is 2.22. The average Bonchev–Trinajstić information content (AvgIpc) is 3.14. The van der Waals surface area contributed by atoms with Crippen LogP contribution in [0, 0.1) is 0 Å². The fraction of sp³-hybridized carbons (Fsp3) is 0.389. The van der Waals surface area contributed by atoms with Gasteiger partial charge in [-0.05, 0) is 30.5 Å². The Morgan fingerprint density at radius 1 is 1.33 bits per heavy atom. The first-order valence-corrected chi connectivity index (χ1v) is 9.03. The van der Waals surface area contributed by atoms with Crippen molar-refractivity contribution in [1.82, 2.24) is 20.1 Å². The van der Waals surface area contributed by atoms with Gasteiger partial charge in [0, 0.05) is 20.0 Å². The van der Waals surface area contributed by atoms with Gasteiger partial charge in [0.25, 0.3) is 5.91 Å². The molecule has 0 saturated heterocycles. The minimum Gasteiger partial charge on any atom is -0.351 e. The van der Waals surface area contributed by atoms with E-state index in [0.29, 0.717) is 18.2 Å². The van der Waals surface area contributed by atoms with Gasteiger partial charge in [-0.15, -0.1) is 11.3 Å². The Kier molecular flexibility index (Phi) is 4.94. The number of hydrogen-bond acceptors (Lipinski definition) is 4. The average molecular weight is 342 g/mol. The number of benzene rings is 1. The van der Waals surface area contributed by atoms with Crippen LogP contribution in [-0.2, 0) is 13.5 Å². The molecule has 0 aliphatic carbocycles. The lowest BCUT2D eigenvalue weighted by Gasteiger charge is -2.04. The van der Waals surface area contributed by atoms with Gasteiger partial charge in [0.1, 0.15) is 5.69 Å². The lowest BCUT2D eigenvalue weighted by Crippen LogP contribution is -2.26. The molecule has 0 unspecified atom stereocenters. The number of rotatable bonds is 6. The second-order valence-corrected chi connectivity index (χ2v) is 7.28. The van der Waals surface area contributed by atoms with Crippen LogP contribution in [0.4, 0.5) is 0 Å². The standard InChI is InChI=1S/C18H22N4OS/c1-12(2)14-11-15(22(3)21-14)18(23)19-10-6-9-17-20-13-7-4-5-8-16(13)24-17/h4-5,7-8,11-12H,6,9-10H2,1-3H3,(H,19,23). The second kappa shape index (κ2) is 7.13. The Morgan fingerprint density at radius 2 is 2.12 bits per heavy atom. The maximum atomic E-state index is 12.3. The van der Waals surface area contributed by atoms with Gasteiger partial charge in [-0.1, -0.05) is 26.0 Å². The van der Waals surface area contributed by atoms with E-state index in [0.717, 1.165) is 29.1 Å². The van der Waals surface area contributed by atoms with E-state index in [1.165, 1.54) is 4.70 Å². The number of fused-ring (bicyclic) bond motifs is 1. The van der Waals surface area contributed by atoms with Gasteiger partial charge in [-0.25, -0.2) is 4.98 Å². The molecule has 5 nitrogen and oxygen atoms in total. The molecule has 0 aliphatic heterocycles. The molecule has 1 aromatic carbocycles. The molecule has 3 rings (SSSR count). The van der Waals surface area contributed by atoms with Crippen LogP contribution in [0.3, 0.4) is 0 Å². The number of nitrogens with one attached hydrogen (secondary N) is 1. The molecule has 0 radical (unpaired) electrons. The topological polar surface area (TPSA) is 59.8 Å². The van der Waals surface area contributed by atoms with Crippen molar-refractivity contribution in [2.75, 3.05) is 6.54 Å². The third-order valence-electron chi connectivity index (χ3n) is 3.91. The fourth-order valence-corrected chi connectivity index (χ4v) is 3.55. The molecule has 2 heterocycles. The van der Waals surface area contributed by atoms with E-state index in [1.54, 1.807) is 16.0 Å². The zero-order valence-electron chi connectivity index (χ0n) is 14.2. The molecular formula is C18H22N4OS. The van der Waals surface area contributed by atoms with Crippen molar-refractivity contribution in [3.05, 3.63) is 46.7 Å². The Morgan fingerprint density at radius 3 is 2.83 bits per heavy atom. The summed E-state index contributed by atoms with van der Waals surface area (Å²) >= 11 is 1.72. The fourth-order valence-electron chi connectivity index (χ4n) is 2.54. The summed E-state index contributed by atoms with van der Waals surface area (Å²) in [6.07, 6.45) is 1.75. The number of para-hydroxylation sites is 1. The van der Waals surface area contributed by atoms with Crippen molar-refractivity contribution < 1.29 is 4.79 Å². The number of nitrogens with zero attached hydrogens (tertiary/aromatic N) is 3. The summed E-state index contributed by atoms with van der Waals surface area (Å²) in [5.74, 6) is 0.248. The number of amides is 1. The molecule has 24 heavy (non-hydrogen) atoms. The van der Waals surface area contributed by atoms with Crippen molar-refractivity contribution in [2.45, 2.75) is 32.6 Å². The number of aryl methyl sites for hydroxylation is 2. The lowest BCUT2D eigenvalue weighted by atomic mass is 10.1. The van der Waals surface area contributed by atoms with Gasteiger partial charge in [-0.3, -0.25) is 9.48 Å². The summed E-state index contributed by atoms with van der Waals surface area (Å²) in [7, 11) is 1.81. The monoisotopic (exact) mass is 342 g/mol. The van der Waals surface area contributed by atoms with Gasteiger partial charge in [0.2, 0.25) is 0 Å². The van der Waals surface area contributed by atoms with Crippen LogP contribution >= 0.6 is 11.3 Å². The van der Waals surface area contributed by atoms with Gasteiger partial charge >= 0.3 is 0 Å². The molecule has 0 aliphatic rings. The Bertz CT molecular complexity index is 817. The predicted molar refractivity (Wildman–Crippen MR) is 97.6 cm³/mol. The van der Waals surface area contributed by atoms with E-state index in [1.807, 2.05) is 31.3 Å². The van der Waals surface area contributed by atoms with E-state index in [4.69, 9.17) is 0 Å². The number of thiazole rings is 1. The summed E-state index contributed by atoms with van der Waals surface area (Å²) in [6.45, 7) is 4.78. The molecular weight excluding hydrogens is 320 g/mol. The number of hydrogen-bond donors (Lipinski definition) is 1. The molecule has 0 fully saturated rings. The molecule has 1 amide bonds. The molecule has 3 aromatic rings. The minimum atomic E-state index is -0.0683. The predicted octanol–water partition coefficient (Wildman–Crippen LogP) is 3.52. The van der Waals surface area contributed by atoms with Crippen molar-refractivity contribution in [2.24, 2.45) is 7.05 Å². The largest absolute Gasteiger partial charge is 0.351 e. The minimum absolute atomic E-state index is 0.0683. The van der Waals surface area contributed by atoms with E-state index < -0.39 is 0 Å². The molecule has 6 heteroatoms. The summed E-state index contributed by atoms with van der Waals surface area (Å²) in [5.41, 5.74) is 2.61. The first-order chi connectivity index (χ1) is 11.5. The number of carbonyl (C=O) groups excluding carboxylic acids is 1. The second-order valence-electron chi connectivity index (χ2n) is 6.17. The van der Waals surface area contributed by atoms with Gasteiger partial charge in [0.05, 0.1) is 20.9 Å². The smallest absolute Gasteiger partial charge is 0.269 e. The van der Waals surface area contributed by atoms with Crippen molar-refractivity contribution in [3.63, 3.8) is 0 Å². The van der Waals surface area contributed by atoms with E-state index in [2.05, 4.69) is 35.3 Å². The Hall–Kier alpha value is -2.21. The molecule has 126 valence electrons. The third-order valence-corrected chi connectivity index (χ3v) is 5.01. The van der Waals surface area contributed by atoms with Crippen LogP contribution in [0.2, 0.25) is 0 Å². The quantitative estimate of drug-likeness (QED) is 0.697. The normalized spacial score (nSPS) is 11.3. The number of carbonyl (C=O) groups is 1. The maximum Gasteiger partial charge on any atom is 0.269 e.